The molecule has 1 saturated heterocycles. The van der Waals surface area contributed by atoms with Gasteiger partial charge >= 0.3 is 0 Å². The van der Waals surface area contributed by atoms with E-state index in [0.717, 1.165) is 48.3 Å². The quantitative estimate of drug-likeness (QED) is 0.797. The predicted octanol–water partition coefficient (Wildman–Crippen LogP) is 1.49. The number of piperazine rings is 1. The molecule has 2 N–H and O–H groups in total. The molecular weight excluding hydrogens is 252 g/mol. The van der Waals surface area contributed by atoms with Crippen LogP contribution in [0, 0.1) is 0 Å². The van der Waals surface area contributed by atoms with Gasteiger partial charge in [-0.2, -0.15) is 0 Å². The van der Waals surface area contributed by atoms with Crippen molar-refractivity contribution in [3.63, 3.8) is 0 Å². The molecule has 1 fully saturated rings. The lowest BCUT2D eigenvalue weighted by Gasteiger charge is -2.36. The van der Waals surface area contributed by atoms with Crippen LogP contribution in [0.2, 0.25) is 0 Å². The lowest BCUT2D eigenvalue weighted by atomic mass is 10.1. The molecule has 5 nitrogen and oxygen atoms in total. The Hall–Kier alpha value is -2.30. The highest BCUT2D eigenvalue weighted by molar-refractivity contribution is 5.98. The smallest absolute Gasteiger partial charge is 0.219 e. The van der Waals surface area contributed by atoms with E-state index in [2.05, 4.69) is 9.88 Å². The number of hydrogen-bond acceptors (Lipinski definition) is 4. The van der Waals surface area contributed by atoms with Gasteiger partial charge < -0.3 is 15.5 Å². The Bertz CT molecular complexity index is 647. The van der Waals surface area contributed by atoms with Crippen LogP contribution in [0.4, 0.5) is 11.4 Å². The molecule has 0 spiro atoms. The van der Waals surface area contributed by atoms with Crippen LogP contribution >= 0.6 is 0 Å². The minimum absolute atomic E-state index is 0.141. The maximum Gasteiger partial charge on any atom is 0.219 e. The third-order valence-corrected chi connectivity index (χ3v) is 3.90. The molecular formula is C15H18N4O. The van der Waals surface area contributed by atoms with Crippen molar-refractivity contribution in [1.29, 1.82) is 0 Å². The number of nitrogens with zero attached hydrogens (tertiary/aromatic N) is 3. The number of fused-ring (bicyclic) bond motifs is 1. The molecule has 20 heavy (non-hydrogen) atoms. The minimum atomic E-state index is 0.141. The van der Waals surface area contributed by atoms with Crippen molar-refractivity contribution < 1.29 is 4.79 Å². The summed E-state index contributed by atoms with van der Waals surface area (Å²) in [5.41, 5.74) is 8.14. The number of pyridine rings is 1. The highest BCUT2D eigenvalue weighted by Gasteiger charge is 2.20. The van der Waals surface area contributed by atoms with Crippen molar-refractivity contribution in [2.45, 2.75) is 6.92 Å². The monoisotopic (exact) mass is 270 g/mol. The summed E-state index contributed by atoms with van der Waals surface area (Å²) in [6, 6.07) is 6.04. The SMILES string of the molecule is CC(=O)N1CCN(c2ccc3cnccc3c2N)CC1. The normalized spacial score (nSPS) is 15.7. The number of hydrogen-bond donors (Lipinski definition) is 1. The molecule has 0 unspecified atom stereocenters. The Morgan fingerprint density at radius 1 is 1.20 bits per heavy atom. The fourth-order valence-corrected chi connectivity index (χ4v) is 2.72. The van der Waals surface area contributed by atoms with Crippen LogP contribution < -0.4 is 10.6 Å². The molecule has 0 aliphatic carbocycles. The van der Waals surface area contributed by atoms with E-state index in [1.165, 1.54) is 0 Å². The van der Waals surface area contributed by atoms with Gasteiger partial charge in [0.2, 0.25) is 5.91 Å². The summed E-state index contributed by atoms with van der Waals surface area (Å²) in [7, 11) is 0. The van der Waals surface area contributed by atoms with E-state index in [-0.39, 0.29) is 5.91 Å². The number of nitrogens with two attached hydrogens (primary N) is 1. The molecule has 1 aliphatic heterocycles. The second-order valence-corrected chi connectivity index (χ2v) is 5.09. The summed E-state index contributed by atoms with van der Waals surface area (Å²) in [5, 5.41) is 2.09. The van der Waals surface area contributed by atoms with Gasteiger partial charge in [-0.25, -0.2) is 0 Å². The number of anilines is 2. The van der Waals surface area contributed by atoms with Crippen LogP contribution in [0.25, 0.3) is 10.8 Å². The summed E-state index contributed by atoms with van der Waals surface area (Å²) in [4.78, 5) is 19.6. The zero-order valence-electron chi connectivity index (χ0n) is 11.5. The molecule has 5 heteroatoms. The summed E-state index contributed by atoms with van der Waals surface area (Å²) in [6.07, 6.45) is 3.58. The molecule has 0 saturated carbocycles. The number of benzene rings is 1. The molecule has 0 radical (unpaired) electrons. The first-order valence-corrected chi connectivity index (χ1v) is 6.79. The Morgan fingerprint density at radius 3 is 2.65 bits per heavy atom. The number of aromatic nitrogens is 1. The van der Waals surface area contributed by atoms with E-state index in [9.17, 15) is 4.79 Å². The number of amides is 1. The largest absolute Gasteiger partial charge is 0.397 e. The lowest BCUT2D eigenvalue weighted by Crippen LogP contribution is -2.48. The zero-order chi connectivity index (χ0) is 14.1. The summed E-state index contributed by atoms with van der Waals surface area (Å²) < 4.78 is 0. The van der Waals surface area contributed by atoms with Crippen molar-refractivity contribution in [1.82, 2.24) is 9.88 Å². The fourth-order valence-electron chi connectivity index (χ4n) is 2.72. The van der Waals surface area contributed by atoms with Gasteiger partial charge in [0.25, 0.3) is 0 Å². The van der Waals surface area contributed by atoms with E-state index in [0.29, 0.717) is 0 Å². The summed E-state index contributed by atoms with van der Waals surface area (Å²) >= 11 is 0. The first-order valence-electron chi connectivity index (χ1n) is 6.79. The number of carbonyl (C=O) groups excluding carboxylic acids is 1. The fraction of sp³-hybridized carbons (Fsp3) is 0.333. The molecule has 1 amide bonds. The van der Waals surface area contributed by atoms with E-state index in [4.69, 9.17) is 5.73 Å². The predicted molar refractivity (Wildman–Crippen MR) is 80.6 cm³/mol. The first-order chi connectivity index (χ1) is 9.66. The van der Waals surface area contributed by atoms with Gasteiger partial charge in [-0.3, -0.25) is 9.78 Å². The first kappa shape index (κ1) is 12.7. The summed E-state index contributed by atoms with van der Waals surface area (Å²) in [5.74, 6) is 0.141. The van der Waals surface area contributed by atoms with E-state index < -0.39 is 0 Å². The van der Waals surface area contributed by atoms with Crippen LogP contribution in [-0.4, -0.2) is 42.0 Å². The Kier molecular flexibility index (Phi) is 3.18. The van der Waals surface area contributed by atoms with Gasteiger partial charge in [0.15, 0.2) is 0 Å². The topological polar surface area (TPSA) is 62.5 Å². The van der Waals surface area contributed by atoms with Crippen LogP contribution in [0.15, 0.2) is 30.6 Å². The van der Waals surface area contributed by atoms with Crippen molar-refractivity contribution in [3.8, 4) is 0 Å². The highest BCUT2D eigenvalue weighted by atomic mass is 16.2. The van der Waals surface area contributed by atoms with Crippen LogP contribution in [0.3, 0.4) is 0 Å². The molecule has 0 bridgehead atoms. The molecule has 104 valence electrons. The van der Waals surface area contributed by atoms with Gasteiger partial charge in [0, 0.05) is 56.3 Å². The molecule has 1 aliphatic rings. The average molecular weight is 270 g/mol. The minimum Gasteiger partial charge on any atom is -0.397 e. The van der Waals surface area contributed by atoms with Crippen molar-refractivity contribution in [2.24, 2.45) is 0 Å². The number of nitrogen functional groups attached to an aromatic ring is 1. The molecule has 1 aromatic carbocycles. The van der Waals surface area contributed by atoms with Gasteiger partial charge in [0.1, 0.15) is 0 Å². The number of carbonyl (C=O) groups is 1. The Morgan fingerprint density at radius 2 is 1.95 bits per heavy atom. The van der Waals surface area contributed by atoms with Crippen LogP contribution in [0.1, 0.15) is 6.92 Å². The van der Waals surface area contributed by atoms with Gasteiger partial charge in [-0.15, -0.1) is 0 Å². The second-order valence-electron chi connectivity index (χ2n) is 5.09. The van der Waals surface area contributed by atoms with Gasteiger partial charge in [-0.05, 0) is 12.1 Å². The Balaban J connectivity index is 1.88. The van der Waals surface area contributed by atoms with Gasteiger partial charge in [0.05, 0.1) is 11.4 Å². The molecule has 2 aromatic rings. The van der Waals surface area contributed by atoms with Crippen molar-refractivity contribution >= 4 is 28.1 Å². The van der Waals surface area contributed by atoms with E-state index >= 15 is 0 Å². The van der Waals surface area contributed by atoms with Crippen molar-refractivity contribution in [3.05, 3.63) is 30.6 Å². The third kappa shape index (κ3) is 2.15. The molecule has 3 rings (SSSR count). The standard InChI is InChI=1S/C15H18N4O/c1-11(20)18-6-8-19(9-7-18)14-3-2-12-10-17-5-4-13(12)15(14)16/h2-5,10H,6-9,16H2,1H3. The maximum absolute atomic E-state index is 11.4. The highest BCUT2D eigenvalue weighted by Crippen LogP contribution is 2.31. The van der Waals surface area contributed by atoms with Gasteiger partial charge in [-0.1, -0.05) is 6.07 Å². The van der Waals surface area contributed by atoms with Crippen LogP contribution in [0.5, 0.6) is 0 Å². The van der Waals surface area contributed by atoms with E-state index in [1.54, 1.807) is 13.1 Å². The molecule has 2 heterocycles. The van der Waals surface area contributed by atoms with Crippen molar-refractivity contribution in [2.75, 3.05) is 36.8 Å². The molecule has 0 atom stereocenters. The second kappa shape index (κ2) is 5.00. The lowest BCUT2D eigenvalue weighted by molar-refractivity contribution is -0.129. The maximum atomic E-state index is 11.4. The summed E-state index contributed by atoms with van der Waals surface area (Å²) in [6.45, 7) is 4.76. The molecule has 1 aromatic heterocycles. The van der Waals surface area contributed by atoms with E-state index in [1.807, 2.05) is 29.3 Å². The third-order valence-electron chi connectivity index (χ3n) is 3.90. The average Bonchev–Trinajstić information content (AvgIpc) is 2.48. The Labute approximate surface area is 118 Å². The van der Waals surface area contributed by atoms with Crippen LogP contribution in [-0.2, 0) is 4.79 Å². The zero-order valence-corrected chi connectivity index (χ0v) is 11.5. The number of rotatable bonds is 1.